The maximum absolute atomic E-state index is 10.8. The van der Waals surface area contributed by atoms with E-state index in [4.69, 9.17) is 14.7 Å². The highest BCUT2D eigenvalue weighted by Crippen LogP contribution is 2.41. The second-order valence-electron chi connectivity index (χ2n) is 9.69. The Labute approximate surface area is 204 Å². The highest BCUT2D eigenvalue weighted by molar-refractivity contribution is 5.84. The fraction of sp³-hybridized carbons (Fsp3) is 0.370. The number of anilines is 1. The largest absolute Gasteiger partial charge is 0.380 e. The fourth-order valence-electron chi connectivity index (χ4n) is 5.02. The van der Waals surface area contributed by atoms with Crippen molar-refractivity contribution in [3.8, 4) is 11.3 Å². The number of benzene rings is 2. The summed E-state index contributed by atoms with van der Waals surface area (Å²) in [5.74, 6) is 0.910. The van der Waals surface area contributed by atoms with Crippen LogP contribution in [0.3, 0.4) is 0 Å². The third kappa shape index (κ3) is 4.52. The van der Waals surface area contributed by atoms with Gasteiger partial charge < -0.3 is 19.3 Å². The Bertz CT molecular complexity index is 1290. The number of hydrogen-bond acceptors (Lipinski definition) is 7. The molecule has 1 atom stereocenters. The summed E-state index contributed by atoms with van der Waals surface area (Å²) in [5.41, 5.74) is 4.63. The van der Waals surface area contributed by atoms with Crippen LogP contribution in [0.5, 0.6) is 0 Å². The molecule has 4 heterocycles. The third-order valence-corrected chi connectivity index (χ3v) is 7.08. The second-order valence-corrected chi connectivity index (χ2v) is 9.69. The number of aliphatic hydroxyl groups excluding tert-OH is 1. The van der Waals surface area contributed by atoms with E-state index in [1.54, 1.807) is 12.5 Å². The summed E-state index contributed by atoms with van der Waals surface area (Å²) >= 11 is 0. The molecule has 0 bridgehead atoms. The summed E-state index contributed by atoms with van der Waals surface area (Å²) in [7, 11) is 0. The topological polar surface area (TPSA) is 88.3 Å². The Morgan fingerprint density at radius 1 is 1.09 bits per heavy atom. The lowest BCUT2D eigenvalue weighted by molar-refractivity contribution is -0.0985. The first-order valence-electron chi connectivity index (χ1n) is 12.3. The van der Waals surface area contributed by atoms with Crippen molar-refractivity contribution in [2.24, 2.45) is 5.41 Å². The molecule has 2 N–H and O–H groups in total. The van der Waals surface area contributed by atoms with Crippen molar-refractivity contribution in [3.05, 3.63) is 72.8 Å². The smallest absolute Gasteiger partial charge is 0.155 e. The van der Waals surface area contributed by atoms with E-state index in [1.807, 2.05) is 47.2 Å². The Kier molecular flexibility index (Phi) is 5.93. The third-order valence-electron chi connectivity index (χ3n) is 7.08. The minimum atomic E-state index is -0.761. The first-order valence-corrected chi connectivity index (χ1v) is 12.3. The van der Waals surface area contributed by atoms with Crippen molar-refractivity contribution in [2.75, 3.05) is 37.7 Å². The minimum Gasteiger partial charge on any atom is -0.380 e. The predicted molar refractivity (Wildman–Crippen MR) is 135 cm³/mol. The molecule has 0 saturated carbocycles. The van der Waals surface area contributed by atoms with Gasteiger partial charge in [-0.2, -0.15) is 0 Å². The van der Waals surface area contributed by atoms with E-state index in [0.29, 0.717) is 6.54 Å². The van der Waals surface area contributed by atoms with E-state index in [0.717, 1.165) is 79.4 Å². The first-order chi connectivity index (χ1) is 17.2. The lowest BCUT2D eigenvalue weighted by Gasteiger charge is -2.37. The molecule has 35 heavy (non-hydrogen) atoms. The number of fused-ring (bicyclic) bond motifs is 1. The molecule has 1 spiro atoms. The maximum Gasteiger partial charge on any atom is 0.155 e. The van der Waals surface area contributed by atoms with Crippen LogP contribution in [-0.2, 0) is 11.3 Å². The number of aromatic nitrogens is 4. The van der Waals surface area contributed by atoms with Crippen LogP contribution < -0.4 is 10.2 Å². The molecule has 8 nitrogen and oxygen atoms in total. The van der Waals surface area contributed by atoms with Gasteiger partial charge in [-0.3, -0.25) is 5.32 Å². The predicted octanol–water partition coefficient (Wildman–Crippen LogP) is 3.39. The summed E-state index contributed by atoms with van der Waals surface area (Å²) in [6, 6.07) is 16.1. The number of aliphatic hydroxyl groups is 1. The Balaban J connectivity index is 1.26. The number of hydrogen-bond donors (Lipinski definition) is 2. The Morgan fingerprint density at radius 2 is 1.97 bits per heavy atom. The van der Waals surface area contributed by atoms with Crippen LogP contribution in [0.25, 0.3) is 22.3 Å². The summed E-state index contributed by atoms with van der Waals surface area (Å²) in [4.78, 5) is 16.6. The van der Waals surface area contributed by atoms with Gasteiger partial charge in [0.25, 0.3) is 0 Å². The SMILES string of the molecule is OC(NCCCn1ccnc1)c1ccc2nc(-c3ccccc3)c(N3CCC4(COC4)C3)nc2c1. The number of nitrogens with one attached hydrogen (secondary N) is 1. The van der Waals surface area contributed by atoms with Gasteiger partial charge in [-0.15, -0.1) is 0 Å². The molecule has 4 aromatic rings. The van der Waals surface area contributed by atoms with Crippen molar-refractivity contribution in [1.29, 1.82) is 0 Å². The van der Waals surface area contributed by atoms with E-state index < -0.39 is 6.23 Å². The zero-order chi connectivity index (χ0) is 23.7. The summed E-state index contributed by atoms with van der Waals surface area (Å²) in [6.07, 6.45) is 6.77. The van der Waals surface area contributed by atoms with E-state index >= 15 is 0 Å². The summed E-state index contributed by atoms with van der Waals surface area (Å²) < 4.78 is 7.56. The zero-order valence-electron chi connectivity index (χ0n) is 19.7. The molecule has 180 valence electrons. The van der Waals surface area contributed by atoms with Crippen LogP contribution >= 0.6 is 0 Å². The van der Waals surface area contributed by atoms with Crippen molar-refractivity contribution in [3.63, 3.8) is 0 Å². The van der Waals surface area contributed by atoms with E-state index in [9.17, 15) is 5.11 Å². The van der Waals surface area contributed by atoms with Gasteiger partial charge in [-0.25, -0.2) is 15.0 Å². The average molecular weight is 471 g/mol. The lowest BCUT2D eigenvalue weighted by Crippen LogP contribution is -2.44. The normalized spacial score (nSPS) is 17.7. The highest BCUT2D eigenvalue weighted by Gasteiger charge is 2.45. The molecule has 0 amide bonds. The molecule has 2 aromatic heterocycles. The average Bonchev–Trinajstić information content (AvgIpc) is 3.56. The van der Waals surface area contributed by atoms with Gasteiger partial charge in [0.05, 0.1) is 30.6 Å². The van der Waals surface area contributed by atoms with Crippen LogP contribution in [0.2, 0.25) is 0 Å². The molecule has 2 aromatic carbocycles. The van der Waals surface area contributed by atoms with Gasteiger partial charge in [-0.1, -0.05) is 36.4 Å². The number of imidazole rings is 1. The Hall–Kier alpha value is -3.33. The monoisotopic (exact) mass is 470 g/mol. The van der Waals surface area contributed by atoms with Crippen LogP contribution in [-0.4, -0.2) is 57.5 Å². The fourth-order valence-corrected chi connectivity index (χ4v) is 5.02. The summed E-state index contributed by atoms with van der Waals surface area (Å²) in [5, 5.41) is 14.0. The van der Waals surface area contributed by atoms with Gasteiger partial charge >= 0.3 is 0 Å². The van der Waals surface area contributed by atoms with Gasteiger partial charge in [-0.05, 0) is 37.1 Å². The van der Waals surface area contributed by atoms with Crippen molar-refractivity contribution < 1.29 is 9.84 Å². The zero-order valence-corrected chi connectivity index (χ0v) is 19.7. The number of ether oxygens (including phenoxy) is 1. The van der Waals surface area contributed by atoms with Crippen LogP contribution in [0.4, 0.5) is 5.82 Å². The molecule has 0 aliphatic carbocycles. The first kappa shape index (κ1) is 22.2. The van der Waals surface area contributed by atoms with Crippen LogP contribution in [0, 0.1) is 5.41 Å². The van der Waals surface area contributed by atoms with Gasteiger partial charge in [0, 0.05) is 43.0 Å². The van der Waals surface area contributed by atoms with Crippen molar-refractivity contribution in [2.45, 2.75) is 25.6 Å². The number of aryl methyl sites for hydroxylation is 1. The minimum absolute atomic E-state index is 0.253. The van der Waals surface area contributed by atoms with Gasteiger partial charge in [0.15, 0.2) is 5.82 Å². The molecule has 0 radical (unpaired) electrons. The van der Waals surface area contributed by atoms with Gasteiger partial charge in [0.2, 0.25) is 0 Å². The van der Waals surface area contributed by atoms with Crippen molar-refractivity contribution >= 4 is 16.9 Å². The quantitative estimate of drug-likeness (QED) is 0.301. The molecule has 2 fully saturated rings. The molecule has 2 saturated heterocycles. The van der Waals surface area contributed by atoms with Gasteiger partial charge in [0.1, 0.15) is 11.9 Å². The van der Waals surface area contributed by atoms with E-state index in [-0.39, 0.29) is 5.41 Å². The summed E-state index contributed by atoms with van der Waals surface area (Å²) in [6.45, 7) is 5.09. The van der Waals surface area contributed by atoms with Crippen molar-refractivity contribution in [1.82, 2.24) is 24.8 Å². The lowest BCUT2D eigenvalue weighted by atomic mass is 9.85. The number of nitrogens with zero attached hydrogens (tertiary/aromatic N) is 5. The molecule has 2 aliphatic heterocycles. The highest BCUT2D eigenvalue weighted by atomic mass is 16.5. The van der Waals surface area contributed by atoms with E-state index in [2.05, 4.69) is 27.3 Å². The maximum atomic E-state index is 10.8. The van der Waals surface area contributed by atoms with E-state index in [1.165, 1.54) is 0 Å². The second kappa shape index (κ2) is 9.37. The molecule has 8 heteroatoms. The molecular weight excluding hydrogens is 440 g/mol. The molecule has 6 rings (SSSR count). The molecule has 1 unspecified atom stereocenters. The molecular formula is C27H30N6O2. The van der Waals surface area contributed by atoms with Crippen LogP contribution in [0.1, 0.15) is 24.6 Å². The number of rotatable bonds is 8. The standard InChI is InChI=1S/C27H30N6O2/c34-26(29-10-4-12-32-14-11-28-19-32)21-7-8-22-23(15-21)31-25(24(30-22)20-5-2-1-3-6-20)33-13-9-27(16-33)17-35-18-27/h1-3,5-8,11,14-15,19,26,29,34H,4,9-10,12-13,16-18H2. The molecule has 2 aliphatic rings. The Morgan fingerprint density at radius 3 is 2.71 bits per heavy atom. The van der Waals surface area contributed by atoms with Crippen LogP contribution in [0.15, 0.2) is 67.3 Å².